The first kappa shape index (κ1) is 15.3. The maximum absolute atomic E-state index is 12.4. The minimum absolute atomic E-state index is 0.203. The van der Waals surface area contributed by atoms with Crippen molar-refractivity contribution in [3.63, 3.8) is 0 Å². The number of para-hydroxylation sites is 1. The van der Waals surface area contributed by atoms with Crippen molar-refractivity contribution < 1.29 is 13.9 Å². The molecule has 0 spiro atoms. The molecule has 3 heterocycles. The average molecular weight is 351 g/mol. The van der Waals surface area contributed by atoms with Crippen LogP contribution in [0, 0.1) is 0 Å². The number of rotatable bonds is 4. The third-order valence-corrected chi connectivity index (χ3v) is 4.36. The molecule has 4 aromatic rings. The minimum atomic E-state index is -0.361. The van der Waals surface area contributed by atoms with Gasteiger partial charge in [0.2, 0.25) is 0 Å². The Kier molecular flexibility index (Phi) is 3.91. The maximum Gasteiger partial charge on any atom is 0.293 e. The molecule has 0 aliphatic carbocycles. The zero-order chi connectivity index (χ0) is 17.2. The first-order valence-electron chi connectivity index (χ1n) is 7.49. The highest BCUT2D eigenvalue weighted by Gasteiger charge is 2.16. The van der Waals surface area contributed by atoms with Crippen molar-refractivity contribution in [2.24, 2.45) is 0 Å². The molecule has 0 unspecified atom stereocenters. The molecule has 0 saturated heterocycles. The van der Waals surface area contributed by atoms with Gasteiger partial charge in [0.25, 0.3) is 5.91 Å². The van der Waals surface area contributed by atoms with Gasteiger partial charge in [-0.25, -0.2) is 4.98 Å². The number of nitrogens with one attached hydrogen (secondary N) is 1. The smallest absolute Gasteiger partial charge is 0.293 e. The highest BCUT2D eigenvalue weighted by Crippen LogP contribution is 2.29. The van der Waals surface area contributed by atoms with Crippen LogP contribution in [0.4, 0.5) is 5.13 Å². The summed E-state index contributed by atoms with van der Waals surface area (Å²) >= 11 is 1.33. The van der Waals surface area contributed by atoms with Crippen molar-refractivity contribution in [1.82, 2.24) is 9.97 Å². The van der Waals surface area contributed by atoms with E-state index in [1.165, 1.54) is 11.3 Å². The number of thiazole rings is 1. The van der Waals surface area contributed by atoms with Crippen molar-refractivity contribution in [2.45, 2.75) is 0 Å². The van der Waals surface area contributed by atoms with Crippen molar-refractivity contribution >= 4 is 33.3 Å². The second kappa shape index (κ2) is 6.37. The second-order valence-electron chi connectivity index (χ2n) is 5.20. The van der Waals surface area contributed by atoms with E-state index in [2.05, 4.69) is 15.3 Å². The molecule has 0 aliphatic heterocycles. The molecule has 0 fully saturated rings. The van der Waals surface area contributed by atoms with E-state index < -0.39 is 0 Å². The average Bonchev–Trinajstić information content (AvgIpc) is 3.29. The highest BCUT2D eigenvalue weighted by molar-refractivity contribution is 7.14. The van der Waals surface area contributed by atoms with Crippen LogP contribution in [-0.2, 0) is 0 Å². The molecular formula is C18H13N3O3S. The van der Waals surface area contributed by atoms with E-state index in [9.17, 15) is 4.79 Å². The van der Waals surface area contributed by atoms with Gasteiger partial charge < -0.3 is 9.15 Å². The van der Waals surface area contributed by atoms with Crippen molar-refractivity contribution in [2.75, 3.05) is 12.4 Å². The number of anilines is 1. The van der Waals surface area contributed by atoms with Crippen LogP contribution >= 0.6 is 11.3 Å². The molecule has 25 heavy (non-hydrogen) atoms. The van der Waals surface area contributed by atoms with Gasteiger partial charge in [0.15, 0.2) is 22.2 Å². The third-order valence-electron chi connectivity index (χ3n) is 3.60. The molecule has 0 radical (unpaired) electrons. The van der Waals surface area contributed by atoms with Crippen LogP contribution in [0.5, 0.6) is 5.75 Å². The van der Waals surface area contributed by atoms with Gasteiger partial charge in [-0.2, -0.15) is 0 Å². The number of hydrogen-bond donors (Lipinski definition) is 1. The molecule has 0 bridgehead atoms. The molecule has 0 saturated carbocycles. The zero-order valence-corrected chi connectivity index (χ0v) is 14.0. The quantitative estimate of drug-likeness (QED) is 0.596. The highest BCUT2D eigenvalue weighted by atomic mass is 32.1. The number of furan rings is 1. The molecule has 1 N–H and O–H groups in total. The molecule has 3 aromatic heterocycles. The Morgan fingerprint density at radius 3 is 2.92 bits per heavy atom. The van der Waals surface area contributed by atoms with E-state index in [-0.39, 0.29) is 11.7 Å². The van der Waals surface area contributed by atoms with E-state index in [0.29, 0.717) is 22.2 Å². The van der Waals surface area contributed by atoms with Gasteiger partial charge in [-0.15, -0.1) is 11.3 Å². The van der Waals surface area contributed by atoms with E-state index in [1.807, 2.05) is 35.7 Å². The fourth-order valence-corrected chi connectivity index (χ4v) is 3.13. The van der Waals surface area contributed by atoms with Crippen LogP contribution in [0.3, 0.4) is 0 Å². The number of benzene rings is 1. The Morgan fingerprint density at radius 1 is 1.20 bits per heavy atom. The Bertz CT molecular complexity index is 1040. The molecule has 124 valence electrons. The molecule has 1 aromatic carbocycles. The Morgan fingerprint density at radius 2 is 2.12 bits per heavy atom. The summed E-state index contributed by atoms with van der Waals surface area (Å²) in [7, 11) is 1.56. The fraction of sp³-hybridized carbons (Fsp3) is 0.0556. The van der Waals surface area contributed by atoms with Gasteiger partial charge >= 0.3 is 0 Å². The van der Waals surface area contributed by atoms with E-state index >= 15 is 0 Å². The van der Waals surface area contributed by atoms with Crippen molar-refractivity contribution in [1.29, 1.82) is 0 Å². The standard InChI is InChI=1S/C18H13N3O3S/c1-23-14-7-4-5-11-9-15(24-16(11)14)17(22)21-18-20-13(10-25-18)12-6-2-3-8-19-12/h2-10H,1H3,(H,20,21,22). The minimum Gasteiger partial charge on any atom is -0.493 e. The first-order chi connectivity index (χ1) is 12.2. The van der Waals surface area contributed by atoms with Crippen LogP contribution < -0.4 is 10.1 Å². The number of methoxy groups -OCH3 is 1. The van der Waals surface area contributed by atoms with Gasteiger partial charge in [0, 0.05) is 17.0 Å². The lowest BCUT2D eigenvalue weighted by Crippen LogP contribution is -2.10. The SMILES string of the molecule is COc1cccc2cc(C(=O)Nc3nc(-c4ccccn4)cs3)oc12. The van der Waals surface area contributed by atoms with Gasteiger partial charge in [-0.05, 0) is 24.3 Å². The molecule has 0 atom stereocenters. The number of aromatic nitrogens is 2. The normalized spacial score (nSPS) is 10.8. The lowest BCUT2D eigenvalue weighted by molar-refractivity contribution is 0.0998. The number of ether oxygens (including phenoxy) is 1. The first-order valence-corrected chi connectivity index (χ1v) is 8.37. The van der Waals surface area contributed by atoms with Crippen LogP contribution in [0.25, 0.3) is 22.4 Å². The van der Waals surface area contributed by atoms with Crippen LogP contribution in [-0.4, -0.2) is 23.0 Å². The number of carbonyl (C=O) groups is 1. The Balaban J connectivity index is 1.57. The predicted octanol–water partition coefficient (Wildman–Crippen LogP) is 4.21. The van der Waals surface area contributed by atoms with Crippen LogP contribution in [0.15, 0.2) is 58.5 Å². The van der Waals surface area contributed by atoms with Gasteiger partial charge in [-0.1, -0.05) is 18.2 Å². The lowest BCUT2D eigenvalue weighted by Gasteiger charge is -1.99. The van der Waals surface area contributed by atoms with Crippen molar-refractivity contribution in [3.8, 4) is 17.1 Å². The topological polar surface area (TPSA) is 77.2 Å². The van der Waals surface area contributed by atoms with Crippen LogP contribution in [0.2, 0.25) is 0 Å². The summed E-state index contributed by atoms with van der Waals surface area (Å²) in [6.45, 7) is 0. The number of pyridine rings is 1. The zero-order valence-electron chi connectivity index (χ0n) is 13.2. The van der Waals surface area contributed by atoms with E-state index in [4.69, 9.17) is 9.15 Å². The van der Waals surface area contributed by atoms with Gasteiger partial charge in [0.1, 0.15) is 5.69 Å². The van der Waals surface area contributed by atoms with Gasteiger partial charge in [-0.3, -0.25) is 15.1 Å². The molecule has 0 aliphatic rings. The van der Waals surface area contributed by atoms with Crippen molar-refractivity contribution in [3.05, 3.63) is 59.8 Å². The maximum atomic E-state index is 12.4. The molecule has 7 heteroatoms. The lowest BCUT2D eigenvalue weighted by atomic mass is 10.2. The summed E-state index contributed by atoms with van der Waals surface area (Å²) in [4.78, 5) is 21.1. The summed E-state index contributed by atoms with van der Waals surface area (Å²) in [5.74, 6) is 0.428. The monoisotopic (exact) mass is 351 g/mol. The number of carbonyl (C=O) groups excluding carboxylic acids is 1. The number of fused-ring (bicyclic) bond motifs is 1. The Hall–Kier alpha value is -3.19. The second-order valence-corrected chi connectivity index (χ2v) is 6.05. The number of nitrogens with zero attached hydrogens (tertiary/aromatic N) is 2. The van der Waals surface area contributed by atoms with Gasteiger partial charge in [0.05, 0.1) is 12.8 Å². The summed E-state index contributed by atoms with van der Waals surface area (Å²) in [5.41, 5.74) is 2.02. The molecular weight excluding hydrogens is 338 g/mol. The summed E-state index contributed by atoms with van der Waals surface area (Å²) in [5, 5.41) is 5.89. The largest absolute Gasteiger partial charge is 0.493 e. The van der Waals surface area contributed by atoms with E-state index in [1.54, 1.807) is 25.4 Å². The predicted molar refractivity (Wildman–Crippen MR) is 96.1 cm³/mol. The number of hydrogen-bond acceptors (Lipinski definition) is 6. The molecule has 6 nitrogen and oxygen atoms in total. The Labute approximate surface area is 147 Å². The van der Waals surface area contributed by atoms with E-state index in [0.717, 1.165) is 11.1 Å². The van der Waals surface area contributed by atoms with Crippen LogP contribution in [0.1, 0.15) is 10.6 Å². The molecule has 1 amide bonds. The fourth-order valence-electron chi connectivity index (χ4n) is 2.43. The summed E-state index contributed by atoms with van der Waals surface area (Å²) < 4.78 is 10.9. The third kappa shape index (κ3) is 2.97. The molecule has 4 rings (SSSR count). The summed E-state index contributed by atoms with van der Waals surface area (Å²) in [6, 6.07) is 12.8. The number of amides is 1. The summed E-state index contributed by atoms with van der Waals surface area (Å²) in [6.07, 6.45) is 1.70.